The highest BCUT2D eigenvalue weighted by Crippen LogP contribution is 2.36. The first-order valence-electron chi connectivity index (χ1n) is 13.1. The number of nitrogens with one attached hydrogen (secondary N) is 2. The summed E-state index contributed by atoms with van der Waals surface area (Å²) in [6.07, 6.45) is 1.54. The Morgan fingerprint density at radius 3 is 2.36 bits per heavy atom. The van der Waals surface area contributed by atoms with Crippen LogP contribution in [0.1, 0.15) is 5.56 Å². The second kappa shape index (κ2) is 11.7. The van der Waals surface area contributed by atoms with Gasteiger partial charge in [-0.2, -0.15) is 13.2 Å². The van der Waals surface area contributed by atoms with Crippen molar-refractivity contribution in [3.05, 3.63) is 109 Å². The van der Waals surface area contributed by atoms with E-state index in [4.69, 9.17) is 9.47 Å². The lowest BCUT2D eigenvalue weighted by Gasteiger charge is -2.15. The predicted molar refractivity (Wildman–Crippen MR) is 157 cm³/mol. The summed E-state index contributed by atoms with van der Waals surface area (Å²) < 4.78 is 52.8. The van der Waals surface area contributed by atoms with Gasteiger partial charge in [0.15, 0.2) is 5.65 Å². The summed E-state index contributed by atoms with van der Waals surface area (Å²) in [5.41, 5.74) is 2.61. The molecule has 0 saturated heterocycles. The molecule has 220 valence electrons. The maximum absolute atomic E-state index is 13.4. The summed E-state index contributed by atoms with van der Waals surface area (Å²) in [7, 11) is 1.54. The molecule has 0 aliphatic rings. The lowest BCUT2D eigenvalue weighted by atomic mass is 10.0. The number of hydrogen-bond acceptors (Lipinski definition) is 7. The molecule has 4 aromatic heterocycles. The van der Waals surface area contributed by atoms with E-state index in [-0.39, 0.29) is 11.6 Å². The number of rotatable bonds is 7. The van der Waals surface area contributed by atoms with Crippen LogP contribution in [0.3, 0.4) is 0 Å². The van der Waals surface area contributed by atoms with Gasteiger partial charge < -0.3 is 20.1 Å². The molecule has 4 heterocycles. The summed E-state index contributed by atoms with van der Waals surface area (Å²) in [5.74, 6) is 1.25. The quantitative estimate of drug-likeness (QED) is 0.198. The Bertz CT molecular complexity index is 1930. The standard InChI is InChI=1S/C31H22F3N7O3/c1-43-29-13-11-27-36-18-26(41(27)40-29)19-4-8-23(9-5-19)44-28-12-7-22(17-37-28)38-30(42)39-25-15-21(31(32,33)34)6-10-24(25)20-3-2-14-35-16-20/h2-18H,1H3,(H2,38,39,42). The highest BCUT2D eigenvalue weighted by molar-refractivity contribution is 6.02. The molecule has 0 aliphatic carbocycles. The molecule has 0 unspecified atom stereocenters. The van der Waals surface area contributed by atoms with E-state index >= 15 is 0 Å². The Kier molecular flexibility index (Phi) is 7.50. The molecule has 0 bridgehead atoms. The van der Waals surface area contributed by atoms with Gasteiger partial charge in [0.05, 0.1) is 42.1 Å². The number of pyridine rings is 2. The fourth-order valence-corrected chi connectivity index (χ4v) is 4.37. The van der Waals surface area contributed by atoms with Crippen molar-refractivity contribution < 1.29 is 27.4 Å². The van der Waals surface area contributed by atoms with E-state index < -0.39 is 17.8 Å². The maximum atomic E-state index is 13.4. The zero-order chi connectivity index (χ0) is 30.7. The molecule has 0 fully saturated rings. The van der Waals surface area contributed by atoms with E-state index in [1.54, 1.807) is 66.5 Å². The third-order valence-electron chi connectivity index (χ3n) is 6.48. The molecule has 2 amide bonds. The van der Waals surface area contributed by atoms with Crippen LogP contribution in [0.5, 0.6) is 17.5 Å². The molecule has 2 N–H and O–H groups in total. The molecule has 0 saturated carbocycles. The van der Waals surface area contributed by atoms with E-state index in [9.17, 15) is 18.0 Å². The molecule has 0 spiro atoms. The zero-order valence-corrected chi connectivity index (χ0v) is 22.9. The van der Waals surface area contributed by atoms with Gasteiger partial charge in [0.25, 0.3) is 0 Å². The van der Waals surface area contributed by atoms with Crippen molar-refractivity contribution >= 4 is 23.1 Å². The first kappa shape index (κ1) is 28.2. The second-order valence-corrected chi connectivity index (χ2v) is 9.38. The predicted octanol–water partition coefficient (Wildman–Crippen LogP) is 7.32. The molecule has 10 nitrogen and oxygen atoms in total. The van der Waals surface area contributed by atoms with E-state index in [0.717, 1.165) is 23.4 Å². The molecule has 6 aromatic rings. The number of urea groups is 1. The number of amides is 2. The third kappa shape index (κ3) is 6.11. The molecule has 0 atom stereocenters. The Labute approximate surface area is 248 Å². The lowest BCUT2D eigenvalue weighted by molar-refractivity contribution is -0.137. The number of aromatic nitrogens is 5. The Hall–Kier alpha value is -5.98. The van der Waals surface area contributed by atoms with Crippen LogP contribution in [-0.2, 0) is 6.18 Å². The Morgan fingerprint density at radius 1 is 0.841 bits per heavy atom. The maximum Gasteiger partial charge on any atom is 0.416 e. The van der Waals surface area contributed by atoms with Gasteiger partial charge in [0.1, 0.15) is 5.75 Å². The largest absolute Gasteiger partial charge is 0.480 e. The fourth-order valence-electron chi connectivity index (χ4n) is 4.37. The van der Waals surface area contributed by atoms with E-state index in [0.29, 0.717) is 34.1 Å². The minimum atomic E-state index is -4.58. The van der Waals surface area contributed by atoms with Crippen molar-refractivity contribution in [1.29, 1.82) is 0 Å². The lowest BCUT2D eigenvalue weighted by Crippen LogP contribution is -2.20. The highest BCUT2D eigenvalue weighted by atomic mass is 19.4. The SMILES string of the molecule is COc1ccc2ncc(-c3ccc(Oc4ccc(NC(=O)Nc5cc(C(F)(F)F)ccc5-c5cccnc5)cn4)cc3)n2n1. The number of ether oxygens (including phenoxy) is 2. The number of halogens is 3. The van der Waals surface area contributed by atoms with Crippen LogP contribution in [0.25, 0.3) is 28.0 Å². The van der Waals surface area contributed by atoms with Gasteiger partial charge in [-0.15, -0.1) is 5.10 Å². The van der Waals surface area contributed by atoms with Crippen molar-refractivity contribution in [3.8, 4) is 39.9 Å². The summed E-state index contributed by atoms with van der Waals surface area (Å²) in [6.45, 7) is 0. The fraction of sp³-hybridized carbons (Fsp3) is 0.0645. The average Bonchev–Trinajstić information content (AvgIpc) is 3.45. The van der Waals surface area contributed by atoms with Gasteiger partial charge in [-0.25, -0.2) is 19.3 Å². The molecule has 2 aromatic carbocycles. The van der Waals surface area contributed by atoms with Crippen molar-refractivity contribution in [3.63, 3.8) is 0 Å². The van der Waals surface area contributed by atoms with Crippen molar-refractivity contribution in [1.82, 2.24) is 24.6 Å². The van der Waals surface area contributed by atoms with E-state index in [1.165, 1.54) is 18.5 Å². The second-order valence-electron chi connectivity index (χ2n) is 9.38. The van der Waals surface area contributed by atoms with Crippen LogP contribution in [0.2, 0.25) is 0 Å². The molecule has 0 radical (unpaired) electrons. The van der Waals surface area contributed by atoms with Crippen molar-refractivity contribution in [2.24, 2.45) is 0 Å². The van der Waals surface area contributed by atoms with Crippen LogP contribution in [0.15, 0.2) is 104 Å². The number of imidazole rings is 1. The Balaban J connectivity index is 1.12. The topological polar surface area (TPSA) is 116 Å². The number of fused-ring (bicyclic) bond motifs is 1. The molecular formula is C31H22F3N7O3. The molecule has 6 rings (SSSR count). The molecule has 0 aliphatic heterocycles. The van der Waals surface area contributed by atoms with Gasteiger partial charge in [-0.05, 0) is 54.6 Å². The van der Waals surface area contributed by atoms with Gasteiger partial charge in [-0.1, -0.05) is 12.1 Å². The first-order valence-corrected chi connectivity index (χ1v) is 13.1. The summed E-state index contributed by atoms with van der Waals surface area (Å²) in [6, 6.07) is 19.6. The van der Waals surface area contributed by atoms with Gasteiger partial charge in [-0.3, -0.25) is 4.98 Å². The molecular weight excluding hydrogens is 575 g/mol. The van der Waals surface area contributed by atoms with Crippen LogP contribution in [0, 0.1) is 0 Å². The van der Waals surface area contributed by atoms with Crippen molar-refractivity contribution in [2.75, 3.05) is 17.7 Å². The number of nitrogens with zero attached hydrogens (tertiary/aromatic N) is 5. The summed E-state index contributed by atoms with van der Waals surface area (Å²) in [4.78, 5) is 25.3. The van der Waals surface area contributed by atoms with E-state index in [1.807, 2.05) is 18.2 Å². The van der Waals surface area contributed by atoms with Crippen LogP contribution >= 0.6 is 0 Å². The van der Waals surface area contributed by atoms with Crippen LogP contribution in [0.4, 0.5) is 29.3 Å². The minimum Gasteiger partial charge on any atom is -0.480 e. The smallest absolute Gasteiger partial charge is 0.416 e. The number of carbonyl (C=O) groups is 1. The van der Waals surface area contributed by atoms with Gasteiger partial charge in [0, 0.05) is 41.2 Å². The van der Waals surface area contributed by atoms with Crippen molar-refractivity contribution in [2.45, 2.75) is 6.18 Å². The number of alkyl halides is 3. The normalized spacial score (nSPS) is 11.3. The monoisotopic (exact) mass is 597 g/mol. The number of hydrogen-bond donors (Lipinski definition) is 2. The molecule has 44 heavy (non-hydrogen) atoms. The van der Waals surface area contributed by atoms with Gasteiger partial charge in [0.2, 0.25) is 11.8 Å². The number of methoxy groups -OCH3 is 1. The van der Waals surface area contributed by atoms with Crippen LogP contribution in [-0.4, -0.2) is 37.7 Å². The van der Waals surface area contributed by atoms with Crippen LogP contribution < -0.4 is 20.1 Å². The molecule has 13 heteroatoms. The summed E-state index contributed by atoms with van der Waals surface area (Å²) in [5, 5.41) is 9.49. The van der Waals surface area contributed by atoms with E-state index in [2.05, 4.69) is 30.7 Å². The minimum absolute atomic E-state index is 0.0273. The first-order chi connectivity index (χ1) is 21.3. The van der Waals surface area contributed by atoms with Gasteiger partial charge >= 0.3 is 12.2 Å². The third-order valence-corrected chi connectivity index (χ3v) is 6.48. The summed E-state index contributed by atoms with van der Waals surface area (Å²) >= 11 is 0. The Morgan fingerprint density at radius 2 is 1.66 bits per heavy atom. The average molecular weight is 598 g/mol. The zero-order valence-electron chi connectivity index (χ0n) is 22.9. The highest BCUT2D eigenvalue weighted by Gasteiger charge is 2.31. The number of benzene rings is 2. The number of carbonyl (C=O) groups excluding carboxylic acids is 1. The number of anilines is 2.